The lowest BCUT2D eigenvalue weighted by Gasteiger charge is -2.12. The lowest BCUT2D eigenvalue weighted by molar-refractivity contribution is 0.412. The summed E-state index contributed by atoms with van der Waals surface area (Å²) >= 11 is 0. The molecule has 0 fully saturated rings. The normalized spacial score (nSPS) is 11.6. The Balaban J connectivity index is 0. The van der Waals surface area contributed by atoms with E-state index in [0.717, 1.165) is 18.4 Å². The molecule has 0 aliphatic heterocycles. The Kier molecular flexibility index (Phi) is 17.2. The van der Waals surface area contributed by atoms with Crippen molar-refractivity contribution < 1.29 is 9.84 Å². The Hall–Kier alpha value is -2.48. The maximum atomic E-state index is 9.58. The highest BCUT2D eigenvalue weighted by atomic mass is 16.5. The van der Waals surface area contributed by atoms with Crippen molar-refractivity contribution in [2.24, 2.45) is 0 Å². The van der Waals surface area contributed by atoms with Crippen molar-refractivity contribution in [3.63, 3.8) is 0 Å². The fourth-order valence-electron chi connectivity index (χ4n) is 2.68. The van der Waals surface area contributed by atoms with Gasteiger partial charge in [-0.1, -0.05) is 76.6 Å². The highest BCUT2D eigenvalue weighted by molar-refractivity contribution is 5.76. The van der Waals surface area contributed by atoms with Gasteiger partial charge in [-0.25, -0.2) is 0 Å². The quantitative estimate of drug-likeness (QED) is 0.452. The van der Waals surface area contributed by atoms with Crippen molar-refractivity contribution >= 4 is 5.57 Å². The molecule has 0 spiro atoms. The highest BCUT2D eigenvalue weighted by Gasteiger charge is 2.05. The average Bonchev–Trinajstić information content (AvgIpc) is 2.74. The molecule has 0 amide bonds. The Morgan fingerprint density at radius 2 is 1.60 bits per heavy atom. The largest absolute Gasteiger partial charge is 0.507 e. The van der Waals surface area contributed by atoms with E-state index in [-0.39, 0.29) is 5.75 Å². The molecule has 2 nitrogen and oxygen atoms in total. The molecule has 0 saturated carbocycles. The van der Waals surface area contributed by atoms with Gasteiger partial charge in [0.25, 0.3) is 0 Å². The van der Waals surface area contributed by atoms with Crippen LogP contribution in [0.25, 0.3) is 5.57 Å². The van der Waals surface area contributed by atoms with E-state index in [1.165, 1.54) is 28.7 Å². The predicted octanol–water partition coefficient (Wildman–Crippen LogP) is 9.05. The fourth-order valence-corrected chi connectivity index (χ4v) is 2.68. The molecule has 0 aliphatic rings. The molecule has 1 N–H and O–H groups in total. The van der Waals surface area contributed by atoms with Crippen LogP contribution in [-0.2, 0) is 0 Å². The maximum absolute atomic E-state index is 9.58. The van der Waals surface area contributed by atoms with Crippen LogP contribution in [0.5, 0.6) is 11.5 Å². The predicted molar refractivity (Wildman–Crippen MR) is 136 cm³/mol. The molecule has 1 aromatic rings. The van der Waals surface area contributed by atoms with E-state index in [9.17, 15) is 5.11 Å². The van der Waals surface area contributed by atoms with Crippen LogP contribution in [0.2, 0.25) is 0 Å². The van der Waals surface area contributed by atoms with Crippen molar-refractivity contribution in [1.29, 1.82) is 0 Å². The summed E-state index contributed by atoms with van der Waals surface area (Å²) in [4.78, 5) is 0. The van der Waals surface area contributed by atoms with E-state index in [1.807, 2.05) is 19.1 Å². The first kappa shape index (κ1) is 29.7. The molecule has 0 radical (unpaired) electrons. The van der Waals surface area contributed by atoms with Crippen molar-refractivity contribution in [2.45, 2.75) is 74.7 Å². The Morgan fingerprint density at radius 1 is 1.03 bits per heavy atom. The zero-order valence-electron chi connectivity index (χ0n) is 20.9. The summed E-state index contributed by atoms with van der Waals surface area (Å²) < 4.78 is 5.06. The van der Waals surface area contributed by atoms with Crippen molar-refractivity contribution in [1.82, 2.24) is 0 Å². The first-order valence-corrected chi connectivity index (χ1v) is 10.9. The van der Waals surface area contributed by atoms with E-state index in [2.05, 4.69) is 67.7 Å². The molecule has 0 saturated heterocycles. The summed E-state index contributed by atoms with van der Waals surface area (Å²) in [6.45, 7) is 24.9. The van der Waals surface area contributed by atoms with Crippen LogP contribution in [0.1, 0.15) is 80.2 Å². The third kappa shape index (κ3) is 10.9. The standard InChI is InChI=1S/C13H22.C12H14O2.C3H8/c1-7-10(4)12(6)13(9-3)11(5)8-2;1-4-5-9(2)11-8-10(14-3)6-7-12(11)13;1-3-2/h8H,4,7,9H2,1-3,5-6H3;4-8,13H,2H2,1,3H3;3H2,1-2H3/b11-8-,13-12-;5-4-;. The monoisotopic (exact) mass is 412 g/mol. The van der Waals surface area contributed by atoms with Gasteiger partial charge in [0, 0.05) is 5.56 Å². The van der Waals surface area contributed by atoms with Gasteiger partial charge in [-0.2, -0.15) is 0 Å². The molecule has 0 aromatic heterocycles. The van der Waals surface area contributed by atoms with E-state index < -0.39 is 0 Å². The van der Waals surface area contributed by atoms with Crippen LogP contribution in [-0.4, -0.2) is 12.2 Å². The van der Waals surface area contributed by atoms with Gasteiger partial charge in [0.15, 0.2) is 0 Å². The number of ether oxygens (including phenoxy) is 1. The summed E-state index contributed by atoms with van der Waals surface area (Å²) in [5.41, 5.74) is 6.94. The van der Waals surface area contributed by atoms with Gasteiger partial charge in [-0.05, 0) is 75.5 Å². The first-order valence-electron chi connectivity index (χ1n) is 10.9. The minimum atomic E-state index is 0.217. The van der Waals surface area contributed by atoms with Crippen LogP contribution in [0.4, 0.5) is 0 Å². The lowest BCUT2D eigenvalue weighted by Crippen LogP contribution is -1.92. The summed E-state index contributed by atoms with van der Waals surface area (Å²) in [5, 5.41) is 9.58. The second kappa shape index (κ2) is 17.4. The summed E-state index contributed by atoms with van der Waals surface area (Å²) in [6.07, 6.45) is 9.29. The number of hydrogen-bond acceptors (Lipinski definition) is 2. The smallest absolute Gasteiger partial charge is 0.123 e. The van der Waals surface area contributed by atoms with E-state index in [4.69, 9.17) is 4.74 Å². The molecule has 0 atom stereocenters. The van der Waals surface area contributed by atoms with Gasteiger partial charge < -0.3 is 9.84 Å². The average molecular weight is 413 g/mol. The van der Waals surface area contributed by atoms with Crippen molar-refractivity contribution in [3.8, 4) is 11.5 Å². The van der Waals surface area contributed by atoms with Gasteiger partial charge in [-0.3, -0.25) is 0 Å². The van der Waals surface area contributed by atoms with E-state index in [1.54, 1.807) is 25.3 Å². The van der Waals surface area contributed by atoms with Crippen molar-refractivity contribution in [3.05, 3.63) is 77.4 Å². The van der Waals surface area contributed by atoms with Crippen LogP contribution in [0.3, 0.4) is 0 Å². The second-order valence-corrected chi connectivity index (χ2v) is 7.00. The number of benzene rings is 1. The molecule has 0 unspecified atom stereocenters. The number of allylic oxidation sites excluding steroid dienone is 8. The molecule has 0 aliphatic carbocycles. The Labute approximate surface area is 186 Å². The molecule has 1 rings (SSSR count). The molecule has 0 heterocycles. The molecular weight excluding hydrogens is 368 g/mol. The number of methoxy groups -OCH3 is 1. The van der Waals surface area contributed by atoms with Crippen LogP contribution >= 0.6 is 0 Å². The Morgan fingerprint density at radius 3 is 2.00 bits per heavy atom. The van der Waals surface area contributed by atoms with Gasteiger partial charge in [0.05, 0.1) is 7.11 Å². The van der Waals surface area contributed by atoms with Gasteiger partial charge in [0.1, 0.15) is 11.5 Å². The molecule has 0 bridgehead atoms. The van der Waals surface area contributed by atoms with E-state index >= 15 is 0 Å². The zero-order valence-corrected chi connectivity index (χ0v) is 20.9. The Bertz CT molecular complexity index is 746. The van der Waals surface area contributed by atoms with E-state index in [0.29, 0.717) is 11.3 Å². The maximum Gasteiger partial charge on any atom is 0.123 e. The number of rotatable bonds is 7. The van der Waals surface area contributed by atoms with Gasteiger partial charge >= 0.3 is 0 Å². The number of phenolic OH excluding ortho intramolecular Hbond substituents is 1. The summed E-state index contributed by atoms with van der Waals surface area (Å²) in [6, 6.07) is 5.07. The lowest BCUT2D eigenvalue weighted by atomic mass is 9.94. The number of phenols is 1. The first-order chi connectivity index (χ1) is 14.2. The molecule has 168 valence electrons. The molecule has 30 heavy (non-hydrogen) atoms. The van der Waals surface area contributed by atoms with Crippen LogP contribution in [0, 0.1) is 0 Å². The number of aromatic hydroxyl groups is 1. The van der Waals surface area contributed by atoms with Crippen LogP contribution < -0.4 is 4.74 Å². The van der Waals surface area contributed by atoms with Crippen molar-refractivity contribution in [2.75, 3.05) is 7.11 Å². The molecule has 1 aromatic carbocycles. The minimum absolute atomic E-state index is 0.217. The highest BCUT2D eigenvalue weighted by Crippen LogP contribution is 2.28. The van der Waals surface area contributed by atoms with Gasteiger partial charge in [0.2, 0.25) is 0 Å². The fraction of sp³-hybridized carbons (Fsp3) is 0.429. The van der Waals surface area contributed by atoms with Gasteiger partial charge in [-0.15, -0.1) is 0 Å². The SMILES string of the molecule is C=C(/C=C\C)c1cc(OC)ccc1O.C=C(CC)/C(C)=C(CC)\C(C)=C/C.CCC. The number of hydrogen-bond donors (Lipinski definition) is 1. The topological polar surface area (TPSA) is 29.5 Å². The van der Waals surface area contributed by atoms with Crippen LogP contribution in [0.15, 0.2) is 71.9 Å². The third-order valence-electron chi connectivity index (χ3n) is 4.59. The molecule has 2 heteroatoms. The minimum Gasteiger partial charge on any atom is -0.507 e. The summed E-state index contributed by atoms with van der Waals surface area (Å²) in [5.74, 6) is 0.928. The summed E-state index contributed by atoms with van der Waals surface area (Å²) in [7, 11) is 1.59. The second-order valence-electron chi connectivity index (χ2n) is 7.00. The molecular formula is C28H44O2. The third-order valence-corrected chi connectivity index (χ3v) is 4.59. The zero-order chi connectivity index (χ0) is 23.7.